The Labute approximate surface area is 133 Å². The Morgan fingerprint density at radius 1 is 1.18 bits per heavy atom. The number of carbonyl (C=O) groups excluding carboxylic acids is 1. The molecule has 22 heavy (non-hydrogen) atoms. The van der Waals surface area contributed by atoms with Crippen LogP contribution in [-0.4, -0.2) is 32.7 Å². The van der Waals surface area contributed by atoms with E-state index in [2.05, 4.69) is 19.2 Å². The van der Waals surface area contributed by atoms with E-state index in [-0.39, 0.29) is 12.5 Å². The molecule has 1 rings (SSSR count). The highest BCUT2D eigenvalue weighted by molar-refractivity contribution is 7.92. The third kappa shape index (κ3) is 5.67. The number of benzene rings is 1. The molecule has 0 saturated heterocycles. The molecule has 0 fully saturated rings. The predicted octanol–water partition coefficient (Wildman–Crippen LogP) is 2.49. The van der Waals surface area contributed by atoms with Crippen molar-refractivity contribution in [3.63, 3.8) is 0 Å². The summed E-state index contributed by atoms with van der Waals surface area (Å²) in [6.07, 6.45) is 1.10. The summed E-state index contributed by atoms with van der Waals surface area (Å²) in [5.41, 5.74) is 1.22. The molecule has 0 spiro atoms. The van der Waals surface area contributed by atoms with Crippen LogP contribution in [0.15, 0.2) is 24.3 Å². The summed E-state index contributed by atoms with van der Waals surface area (Å²) in [6.45, 7) is 9.48. The Balaban J connectivity index is 3.02. The van der Waals surface area contributed by atoms with Crippen LogP contribution in [-0.2, 0) is 14.8 Å². The summed E-state index contributed by atoms with van der Waals surface area (Å²) in [7, 11) is -3.53. The van der Waals surface area contributed by atoms with Crippen molar-refractivity contribution in [1.82, 2.24) is 5.32 Å². The molecular formula is C16H26N2O3S. The third-order valence-corrected chi connectivity index (χ3v) is 4.19. The lowest BCUT2D eigenvalue weighted by Crippen LogP contribution is -2.47. The summed E-state index contributed by atoms with van der Waals surface area (Å²) in [5, 5.41) is 2.78. The second-order valence-corrected chi connectivity index (χ2v) is 8.72. The average molecular weight is 326 g/mol. The molecule has 0 radical (unpaired) electrons. The topological polar surface area (TPSA) is 66.5 Å². The number of rotatable bonds is 5. The fraction of sp³-hybridized carbons (Fsp3) is 0.562. The average Bonchev–Trinajstić information content (AvgIpc) is 2.32. The van der Waals surface area contributed by atoms with Crippen LogP contribution in [0.25, 0.3) is 0 Å². The standard InChI is InChI=1S/C16H26N2O3S/c1-12(2)13-7-9-14(10-8-13)18(22(6,20)21)11-15(19)17-16(3,4)5/h7-10,12H,11H2,1-6H3,(H,17,19). The van der Waals surface area contributed by atoms with E-state index in [0.29, 0.717) is 11.6 Å². The molecule has 0 heterocycles. The monoisotopic (exact) mass is 326 g/mol. The van der Waals surface area contributed by atoms with E-state index in [0.717, 1.165) is 16.1 Å². The number of hydrogen-bond donors (Lipinski definition) is 1. The Morgan fingerprint density at radius 3 is 2.05 bits per heavy atom. The molecule has 0 bridgehead atoms. The van der Waals surface area contributed by atoms with Gasteiger partial charge in [0.25, 0.3) is 0 Å². The lowest BCUT2D eigenvalue weighted by atomic mass is 10.0. The van der Waals surface area contributed by atoms with Crippen LogP contribution in [0.3, 0.4) is 0 Å². The number of sulfonamides is 1. The SMILES string of the molecule is CC(C)c1ccc(N(CC(=O)NC(C)(C)C)S(C)(=O)=O)cc1. The number of carbonyl (C=O) groups is 1. The molecule has 1 N–H and O–H groups in total. The van der Waals surface area contributed by atoms with Gasteiger partial charge in [0.15, 0.2) is 0 Å². The van der Waals surface area contributed by atoms with Gasteiger partial charge in [0.05, 0.1) is 11.9 Å². The van der Waals surface area contributed by atoms with Crippen LogP contribution in [0.2, 0.25) is 0 Å². The minimum atomic E-state index is -3.53. The Bertz CT molecular complexity index is 614. The van der Waals surface area contributed by atoms with Crippen molar-refractivity contribution in [2.45, 2.75) is 46.1 Å². The predicted molar refractivity (Wildman–Crippen MR) is 90.6 cm³/mol. The molecule has 1 aromatic carbocycles. The van der Waals surface area contributed by atoms with Gasteiger partial charge >= 0.3 is 0 Å². The molecule has 0 aliphatic carbocycles. The van der Waals surface area contributed by atoms with Crippen molar-refractivity contribution < 1.29 is 13.2 Å². The molecule has 0 aliphatic heterocycles. The molecule has 124 valence electrons. The van der Waals surface area contributed by atoms with Gasteiger partial charge in [0.1, 0.15) is 6.54 Å². The number of nitrogens with zero attached hydrogens (tertiary/aromatic N) is 1. The molecule has 5 nitrogen and oxygen atoms in total. The molecule has 0 aliphatic rings. The molecule has 0 atom stereocenters. The van der Waals surface area contributed by atoms with Gasteiger partial charge in [-0.1, -0.05) is 26.0 Å². The van der Waals surface area contributed by atoms with Gasteiger partial charge < -0.3 is 5.32 Å². The summed E-state index contributed by atoms with van der Waals surface area (Å²) in [5.74, 6) is 0.0378. The van der Waals surface area contributed by atoms with Crippen LogP contribution in [0.1, 0.15) is 46.1 Å². The number of nitrogens with one attached hydrogen (secondary N) is 1. The van der Waals surface area contributed by atoms with Crippen molar-refractivity contribution in [2.75, 3.05) is 17.1 Å². The van der Waals surface area contributed by atoms with Gasteiger partial charge in [0, 0.05) is 5.54 Å². The molecular weight excluding hydrogens is 300 g/mol. The highest BCUT2D eigenvalue weighted by atomic mass is 32.2. The number of anilines is 1. The van der Waals surface area contributed by atoms with Crippen LogP contribution in [0.4, 0.5) is 5.69 Å². The molecule has 0 unspecified atom stereocenters. The van der Waals surface area contributed by atoms with Crippen molar-refractivity contribution >= 4 is 21.6 Å². The van der Waals surface area contributed by atoms with E-state index in [9.17, 15) is 13.2 Å². The maximum atomic E-state index is 12.0. The number of hydrogen-bond acceptors (Lipinski definition) is 3. The van der Waals surface area contributed by atoms with Gasteiger partial charge in [-0.25, -0.2) is 8.42 Å². The minimum Gasteiger partial charge on any atom is -0.350 e. The zero-order chi connectivity index (χ0) is 17.1. The first-order valence-corrected chi connectivity index (χ1v) is 9.13. The summed E-state index contributed by atoms with van der Waals surface area (Å²) in [6, 6.07) is 7.25. The normalized spacial score (nSPS) is 12.3. The van der Waals surface area contributed by atoms with Crippen LogP contribution >= 0.6 is 0 Å². The summed E-state index contributed by atoms with van der Waals surface area (Å²) >= 11 is 0. The van der Waals surface area contributed by atoms with Crippen LogP contribution in [0.5, 0.6) is 0 Å². The van der Waals surface area contributed by atoms with Gasteiger partial charge in [-0.2, -0.15) is 0 Å². The molecule has 1 amide bonds. The van der Waals surface area contributed by atoms with E-state index in [1.165, 1.54) is 0 Å². The van der Waals surface area contributed by atoms with Gasteiger partial charge in [-0.05, 0) is 44.4 Å². The van der Waals surface area contributed by atoms with Gasteiger partial charge in [0.2, 0.25) is 15.9 Å². The highest BCUT2D eigenvalue weighted by Gasteiger charge is 2.23. The van der Waals surface area contributed by atoms with Crippen LogP contribution < -0.4 is 9.62 Å². The minimum absolute atomic E-state index is 0.225. The van der Waals surface area contributed by atoms with E-state index in [1.54, 1.807) is 12.1 Å². The lowest BCUT2D eigenvalue weighted by Gasteiger charge is -2.26. The Morgan fingerprint density at radius 2 is 1.68 bits per heavy atom. The van der Waals surface area contributed by atoms with Crippen LogP contribution in [0, 0.1) is 0 Å². The molecule has 0 aromatic heterocycles. The molecule has 6 heteroatoms. The Kier molecular flexibility index (Phi) is 5.62. The van der Waals surface area contributed by atoms with Crippen molar-refractivity contribution in [2.24, 2.45) is 0 Å². The van der Waals surface area contributed by atoms with E-state index in [4.69, 9.17) is 0 Å². The van der Waals surface area contributed by atoms with E-state index in [1.807, 2.05) is 32.9 Å². The van der Waals surface area contributed by atoms with Crippen molar-refractivity contribution in [1.29, 1.82) is 0 Å². The quantitative estimate of drug-likeness (QED) is 0.904. The largest absolute Gasteiger partial charge is 0.350 e. The Hall–Kier alpha value is -1.56. The van der Waals surface area contributed by atoms with Gasteiger partial charge in [-0.3, -0.25) is 9.10 Å². The lowest BCUT2D eigenvalue weighted by molar-refractivity contribution is -0.121. The van der Waals surface area contributed by atoms with Crippen molar-refractivity contribution in [3.8, 4) is 0 Å². The fourth-order valence-corrected chi connectivity index (χ4v) is 2.87. The molecule has 0 saturated carbocycles. The third-order valence-electron chi connectivity index (χ3n) is 3.05. The summed E-state index contributed by atoms with van der Waals surface area (Å²) in [4.78, 5) is 12.0. The van der Waals surface area contributed by atoms with E-state index < -0.39 is 15.6 Å². The van der Waals surface area contributed by atoms with Crippen molar-refractivity contribution in [3.05, 3.63) is 29.8 Å². The first-order chi connectivity index (χ1) is 9.90. The first kappa shape index (κ1) is 18.5. The maximum Gasteiger partial charge on any atom is 0.241 e. The number of amides is 1. The van der Waals surface area contributed by atoms with E-state index >= 15 is 0 Å². The fourth-order valence-electron chi connectivity index (χ4n) is 2.01. The maximum absolute atomic E-state index is 12.0. The smallest absolute Gasteiger partial charge is 0.241 e. The van der Waals surface area contributed by atoms with Gasteiger partial charge in [-0.15, -0.1) is 0 Å². The zero-order valence-corrected chi connectivity index (χ0v) is 15.0. The zero-order valence-electron chi connectivity index (χ0n) is 14.2. The first-order valence-electron chi connectivity index (χ1n) is 7.29. The highest BCUT2D eigenvalue weighted by Crippen LogP contribution is 2.21. The second kappa shape index (κ2) is 6.69. The summed E-state index contributed by atoms with van der Waals surface area (Å²) < 4.78 is 25.1. The molecule has 1 aromatic rings. The second-order valence-electron chi connectivity index (χ2n) is 6.81.